The summed E-state index contributed by atoms with van der Waals surface area (Å²) in [4.78, 5) is 44.2. The van der Waals surface area contributed by atoms with Crippen LogP contribution in [0.4, 0.5) is 5.69 Å². The van der Waals surface area contributed by atoms with Gasteiger partial charge in [0.2, 0.25) is 5.91 Å². The number of carbonyl (C=O) groups is 2. The van der Waals surface area contributed by atoms with Crippen molar-refractivity contribution in [2.75, 3.05) is 18.5 Å². The van der Waals surface area contributed by atoms with Crippen LogP contribution in [-0.2, 0) is 16.1 Å². The van der Waals surface area contributed by atoms with E-state index in [1.165, 1.54) is 11.8 Å². The second-order valence-electron chi connectivity index (χ2n) is 10.2. The molecular weight excluding hydrogens is 536 g/mol. The normalized spacial score (nSPS) is 15.5. The zero-order valence-electron chi connectivity index (χ0n) is 23.3. The molecule has 1 fully saturated rings. The van der Waals surface area contributed by atoms with Crippen LogP contribution in [0.5, 0.6) is 0 Å². The van der Waals surface area contributed by atoms with E-state index in [1.807, 2.05) is 68.4 Å². The average Bonchev–Trinajstić information content (AvgIpc) is 3.52. The molecule has 2 N–H and O–H groups in total. The fourth-order valence-corrected chi connectivity index (χ4v) is 5.76. The van der Waals surface area contributed by atoms with E-state index in [9.17, 15) is 14.4 Å². The number of rotatable bonds is 10. The third kappa shape index (κ3) is 7.04. The minimum atomic E-state index is -0.453. The third-order valence-electron chi connectivity index (χ3n) is 7.13. The van der Waals surface area contributed by atoms with Crippen LogP contribution in [0.15, 0.2) is 82.7 Å². The van der Waals surface area contributed by atoms with E-state index in [0.29, 0.717) is 34.6 Å². The van der Waals surface area contributed by atoms with E-state index in [-0.39, 0.29) is 30.0 Å². The number of anilines is 1. The Labute approximate surface area is 243 Å². The van der Waals surface area contributed by atoms with Crippen LogP contribution in [-0.4, -0.2) is 45.9 Å². The van der Waals surface area contributed by atoms with Crippen LogP contribution < -0.4 is 16.2 Å². The number of hydrogen-bond acceptors (Lipinski definition) is 6. The van der Waals surface area contributed by atoms with E-state index in [0.717, 1.165) is 36.3 Å². The molecule has 2 heterocycles. The van der Waals surface area contributed by atoms with E-state index in [1.54, 1.807) is 22.8 Å². The van der Waals surface area contributed by atoms with Crippen molar-refractivity contribution >= 4 is 40.2 Å². The summed E-state index contributed by atoms with van der Waals surface area (Å²) >= 11 is 1.28. The molecule has 1 aromatic heterocycles. The van der Waals surface area contributed by atoms with Crippen molar-refractivity contribution < 1.29 is 14.3 Å². The Hall–Kier alpha value is -3.95. The number of thioether (sulfide) groups is 1. The number of nitrogens with one attached hydrogen (secondary N) is 2. The number of benzene rings is 3. The highest BCUT2D eigenvalue weighted by molar-refractivity contribution is 8.00. The van der Waals surface area contributed by atoms with Crippen molar-refractivity contribution in [3.8, 4) is 0 Å². The van der Waals surface area contributed by atoms with Gasteiger partial charge in [0, 0.05) is 24.4 Å². The maximum Gasteiger partial charge on any atom is 0.262 e. The molecule has 2 atom stereocenters. The summed E-state index contributed by atoms with van der Waals surface area (Å²) in [6.45, 7) is 5.44. The quantitative estimate of drug-likeness (QED) is 0.201. The number of fused-ring (bicyclic) bond motifs is 1. The van der Waals surface area contributed by atoms with E-state index >= 15 is 0 Å². The predicted octanol–water partition coefficient (Wildman–Crippen LogP) is 5.17. The molecule has 9 heteroatoms. The van der Waals surface area contributed by atoms with Crippen LogP contribution in [0.2, 0.25) is 0 Å². The van der Waals surface area contributed by atoms with Crippen LogP contribution >= 0.6 is 11.8 Å². The highest BCUT2D eigenvalue weighted by atomic mass is 32.2. The third-order valence-corrected chi connectivity index (χ3v) is 8.48. The largest absolute Gasteiger partial charge is 0.376 e. The Kier molecular flexibility index (Phi) is 9.16. The maximum atomic E-state index is 13.6. The van der Waals surface area contributed by atoms with Crippen molar-refractivity contribution in [3.63, 3.8) is 0 Å². The van der Waals surface area contributed by atoms with Crippen molar-refractivity contribution in [1.82, 2.24) is 14.9 Å². The van der Waals surface area contributed by atoms with E-state index in [4.69, 9.17) is 9.72 Å². The number of hydrogen-bond donors (Lipinski definition) is 2. The highest BCUT2D eigenvalue weighted by Gasteiger charge is 2.23. The first-order chi connectivity index (χ1) is 19.9. The molecule has 2 amide bonds. The number of nitrogens with zero attached hydrogens (tertiary/aromatic N) is 2. The van der Waals surface area contributed by atoms with Crippen molar-refractivity contribution in [1.29, 1.82) is 0 Å². The zero-order chi connectivity index (χ0) is 28.8. The van der Waals surface area contributed by atoms with Crippen LogP contribution in [0.3, 0.4) is 0 Å². The second kappa shape index (κ2) is 13.1. The van der Waals surface area contributed by atoms with Gasteiger partial charge in [0.1, 0.15) is 0 Å². The maximum absolute atomic E-state index is 13.6. The van der Waals surface area contributed by atoms with Gasteiger partial charge in [-0.1, -0.05) is 60.6 Å². The Bertz CT molecular complexity index is 1580. The summed E-state index contributed by atoms with van der Waals surface area (Å²) in [5, 5.41) is 6.45. The van der Waals surface area contributed by atoms with Crippen LogP contribution in [0, 0.1) is 6.92 Å². The van der Waals surface area contributed by atoms with Gasteiger partial charge in [0.05, 0.1) is 28.8 Å². The molecule has 3 aromatic carbocycles. The first-order valence-electron chi connectivity index (χ1n) is 13.9. The van der Waals surface area contributed by atoms with E-state index in [2.05, 4.69) is 10.6 Å². The lowest BCUT2D eigenvalue weighted by Gasteiger charge is -2.18. The lowest BCUT2D eigenvalue weighted by Crippen LogP contribution is -2.31. The van der Waals surface area contributed by atoms with Gasteiger partial charge in [-0.15, -0.1) is 0 Å². The summed E-state index contributed by atoms with van der Waals surface area (Å²) in [6.07, 6.45) is 2.61. The van der Waals surface area contributed by atoms with E-state index < -0.39 is 5.25 Å². The van der Waals surface area contributed by atoms with Gasteiger partial charge >= 0.3 is 0 Å². The fraction of sp³-hybridized carbons (Fsp3) is 0.312. The summed E-state index contributed by atoms with van der Waals surface area (Å²) in [5.41, 5.74) is 3.64. The number of ether oxygens (including phenoxy) is 1. The van der Waals surface area contributed by atoms with Crippen LogP contribution in [0.1, 0.15) is 47.7 Å². The Balaban J connectivity index is 1.36. The molecule has 0 unspecified atom stereocenters. The van der Waals surface area contributed by atoms with Gasteiger partial charge < -0.3 is 15.4 Å². The smallest absolute Gasteiger partial charge is 0.262 e. The van der Waals surface area contributed by atoms with Gasteiger partial charge in [-0.3, -0.25) is 19.0 Å². The standard InChI is InChI=1S/C32H34N4O4S/c1-3-28(30(38)34-24-16-10-21(2)11-17-24)41-32-35-27-9-5-4-8-26(27)31(39)36(32)20-22-12-14-23(15-13-22)29(37)33-19-25-7-6-18-40-25/h4-5,8-17,25,28H,3,6-7,18-20H2,1-2H3,(H,33,37)(H,34,38)/t25-,28-/m1/s1. The van der Waals surface area contributed by atoms with Gasteiger partial charge in [-0.05, 0) is 68.1 Å². The molecule has 0 spiro atoms. The number of aryl methyl sites for hydroxylation is 1. The molecule has 1 aliphatic rings. The summed E-state index contributed by atoms with van der Waals surface area (Å²) in [5.74, 6) is -0.299. The molecular formula is C32H34N4O4S. The molecule has 41 heavy (non-hydrogen) atoms. The molecule has 212 valence electrons. The number of para-hydroxylation sites is 1. The van der Waals surface area contributed by atoms with Gasteiger partial charge in [0.25, 0.3) is 11.5 Å². The molecule has 0 radical (unpaired) electrons. The van der Waals surface area contributed by atoms with Gasteiger partial charge in [-0.2, -0.15) is 0 Å². The SMILES string of the molecule is CC[C@@H](Sc1nc2ccccc2c(=O)n1Cc1ccc(C(=O)NC[C@H]2CCCO2)cc1)C(=O)Nc1ccc(C)cc1. The molecule has 0 saturated carbocycles. The topological polar surface area (TPSA) is 102 Å². The fourth-order valence-electron chi connectivity index (χ4n) is 4.74. The lowest BCUT2D eigenvalue weighted by atomic mass is 10.1. The molecule has 1 saturated heterocycles. The Morgan fingerprint density at radius 3 is 2.54 bits per heavy atom. The van der Waals surface area contributed by atoms with Gasteiger partial charge in [-0.25, -0.2) is 4.98 Å². The zero-order valence-corrected chi connectivity index (χ0v) is 24.1. The summed E-state index contributed by atoms with van der Waals surface area (Å²) in [6, 6.07) is 22.1. The first-order valence-corrected chi connectivity index (χ1v) is 14.8. The lowest BCUT2D eigenvalue weighted by molar-refractivity contribution is -0.115. The minimum absolute atomic E-state index is 0.0762. The Morgan fingerprint density at radius 2 is 1.83 bits per heavy atom. The number of amides is 2. The molecule has 8 nitrogen and oxygen atoms in total. The second-order valence-corrected chi connectivity index (χ2v) is 11.4. The Morgan fingerprint density at radius 1 is 1.07 bits per heavy atom. The van der Waals surface area contributed by atoms with Crippen molar-refractivity contribution in [2.24, 2.45) is 0 Å². The van der Waals surface area contributed by atoms with Crippen molar-refractivity contribution in [3.05, 3.63) is 99.8 Å². The minimum Gasteiger partial charge on any atom is -0.376 e. The molecule has 1 aliphatic heterocycles. The number of aromatic nitrogens is 2. The molecule has 4 aromatic rings. The van der Waals surface area contributed by atoms with Crippen molar-refractivity contribution in [2.45, 2.75) is 56.2 Å². The summed E-state index contributed by atoms with van der Waals surface area (Å²) < 4.78 is 7.19. The summed E-state index contributed by atoms with van der Waals surface area (Å²) in [7, 11) is 0. The molecule has 0 aliphatic carbocycles. The first kappa shape index (κ1) is 28.6. The molecule has 0 bridgehead atoms. The van der Waals surface area contributed by atoms with Gasteiger partial charge in [0.15, 0.2) is 5.16 Å². The molecule has 5 rings (SSSR count). The number of carbonyl (C=O) groups excluding carboxylic acids is 2. The highest BCUT2D eigenvalue weighted by Crippen LogP contribution is 2.27. The average molecular weight is 571 g/mol. The van der Waals surface area contributed by atoms with Crippen LogP contribution in [0.25, 0.3) is 10.9 Å². The predicted molar refractivity (Wildman–Crippen MR) is 163 cm³/mol. The monoisotopic (exact) mass is 570 g/mol.